The Morgan fingerprint density at radius 1 is 1.38 bits per heavy atom. The molecule has 0 aliphatic carbocycles. The zero-order valence-electron chi connectivity index (χ0n) is 11.7. The van der Waals surface area contributed by atoms with Gasteiger partial charge in [0.25, 0.3) is 0 Å². The second-order valence-electron chi connectivity index (χ2n) is 5.32. The average Bonchev–Trinajstić information content (AvgIpc) is 2.48. The van der Waals surface area contributed by atoms with Crippen LogP contribution in [0.2, 0.25) is 5.02 Å². The fraction of sp³-hybridized carbons (Fsp3) is 0.571. The normalized spacial score (nSPS) is 19.6. The summed E-state index contributed by atoms with van der Waals surface area (Å²) in [5, 5.41) is 3.33. The first-order valence-electron chi connectivity index (χ1n) is 7.11. The highest BCUT2D eigenvalue weighted by molar-refractivity contribution is 7.89. The number of benzene rings is 1. The van der Waals surface area contributed by atoms with Gasteiger partial charge in [-0.15, -0.1) is 0 Å². The number of piperidine rings is 1. The maximum atomic E-state index is 13.0. The van der Waals surface area contributed by atoms with Crippen molar-refractivity contribution in [3.63, 3.8) is 0 Å². The van der Waals surface area contributed by atoms with Crippen LogP contribution in [0.5, 0.6) is 0 Å². The minimum Gasteiger partial charge on any atom is -0.314 e. The van der Waals surface area contributed by atoms with E-state index in [1.807, 2.05) is 0 Å². The zero-order chi connectivity index (χ0) is 15.3. The van der Waals surface area contributed by atoms with Gasteiger partial charge in [-0.2, -0.15) is 0 Å². The molecule has 1 atom stereocenters. The molecule has 0 spiro atoms. The van der Waals surface area contributed by atoms with Crippen molar-refractivity contribution in [2.24, 2.45) is 0 Å². The molecule has 0 saturated carbocycles. The maximum absolute atomic E-state index is 13.0. The SMILES string of the molecule is O=S(=O)(CCC1CCCCN1)NCc1ccc(F)c(Cl)c1. The molecule has 1 unspecified atom stereocenters. The molecule has 1 aromatic rings. The summed E-state index contributed by atoms with van der Waals surface area (Å²) < 4.78 is 39.5. The van der Waals surface area contributed by atoms with Gasteiger partial charge < -0.3 is 5.32 Å². The van der Waals surface area contributed by atoms with Gasteiger partial charge in [0.2, 0.25) is 10.0 Å². The van der Waals surface area contributed by atoms with Gasteiger partial charge in [-0.3, -0.25) is 0 Å². The molecule has 2 rings (SSSR count). The van der Waals surface area contributed by atoms with Crippen molar-refractivity contribution in [1.82, 2.24) is 10.0 Å². The predicted octanol–water partition coefficient (Wildman–Crippen LogP) is 2.43. The molecule has 1 aromatic carbocycles. The van der Waals surface area contributed by atoms with Crippen molar-refractivity contribution in [1.29, 1.82) is 0 Å². The fourth-order valence-corrected chi connectivity index (χ4v) is 3.71. The second-order valence-corrected chi connectivity index (χ2v) is 7.66. The van der Waals surface area contributed by atoms with Crippen LogP contribution in [0.3, 0.4) is 0 Å². The minimum atomic E-state index is -3.33. The van der Waals surface area contributed by atoms with E-state index in [4.69, 9.17) is 11.6 Å². The fourth-order valence-electron chi connectivity index (χ4n) is 2.38. The van der Waals surface area contributed by atoms with Crippen LogP contribution in [0.25, 0.3) is 0 Å². The number of sulfonamides is 1. The van der Waals surface area contributed by atoms with E-state index in [2.05, 4.69) is 10.0 Å². The third-order valence-electron chi connectivity index (χ3n) is 3.63. The van der Waals surface area contributed by atoms with Gasteiger partial charge in [0, 0.05) is 12.6 Å². The number of halogens is 2. The van der Waals surface area contributed by atoms with Gasteiger partial charge in [-0.25, -0.2) is 17.5 Å². The van der Waals surface area contributed by atoms with E-state index in [1.54, 1.807) is 0 Å². The molecule has 0 amide bonds. The smallest absolute Gasteiger partial charge is 0.211 e. The molecule has 118 valence electrons. The van der Waals surface area contributed by atoms with E-state index in [0.717, 1.165) is 25.8 Å². The van der Waals surface area contributed by atoms with Crippen molar-refractivity contribution < 1.29 is 12.8 Å². The Morgan fingerprint density at radius 3 is 2.86 bits per heavy atom. The third kappa shape index (κ3) is 5.54. The summed E-state index contributed by atoms with van der Waals surface area (Å²) >= 11 is 5.67. The third-order valence-corrected chi connectivity index (χ3v) is 5.27. The number of hydrogen-bond donors (Lipinski definition) is 2. The summed E-state index contributed by atoms with van der Waals surface area (Å²) in [5.74, 6) is -0.411. The molecule has 2 N–H and O–H groups in total. The van der Waals surface area contributed by atoms with Crippen LogP contribution in [0.1, 0.15) is 31.2 Å². The van der Waals surface area contributed by atoms with Crippen LogP contribution in [-0.2, 0) is 16.6 Å². The molecule has 0 radical (unpaired) electrons. The molecule has 1 aliphatic rings. The van der Waals surface area contributed by atoms with Gasteiger partial charge in [0.05, 0.1) is 10.8 Å². The quantitative estimate of drug-likeness (QED) is 0.840. The number of nitrogens with one attached hydrogen (secondary N) is 2. The Hall–Kier alpha value is -0.690. The van der Waals surface area contributed by atoms with Gasteiger partial charge in [-0.1, -0.05) is 24.1 Å². The lowest BCUT2D eigenvalue weighted by molar-refractivity contribution is 0.392. The lowest BCUT2D eigenvalue weighted by Gasteiger charge is -2.23. The van der Waals surface area contributed by atoms with Crippen LogP contribution in [0, 0.1) is 5.82 Å². The Bertz CT molecular complexity index is 574. The molecule has 1 fully saturated rings. The van der Waals surface area contributed by atoms with E-state index in [1.165, 1.54) is 18.2 Å². The first kappa shape index (κ1) is 16.7. The topological polar surface area (TPSA) is 58.2 Å². The van der Waals surface area contributed by atoms with E-state index in [9.17, 15) is 12.8 Å². The summed E-state index contributed by atoms with van der Waals surface area (Å²) in [6.45, 7) is 1.09. The van der Waals surface area contributed by atoms with Crippen molar-refractivity contribution in [2.45, 2.75) is 38.3 Å². The maximum Gasteiger partial charge on any atom is 0.211 e. The minimum absolute atomic E-state index is 0.00176. The zero-order valence-corrected chi connectivity index (χ0v) is 13.3. The van der Waals surface area contributed by atoms with Crippen molar-refractivity contribution in [3.05, 3.63) is 34.6 Å². The molecule has 21 heavy (non-hydrogen) atoms. The standard InChI is InChI=1S/C14H20ClFN2O2S/c15-13-9-11(4-5-14(13)16)10-18-21(19,20)8-6-12-3-1-2-7-17-12/h4-5,9,12,17-18H,1-3,6-8,10H2. The van der Waals surface area contributed by atoms with Gasteiger partial charge >= 0.3 is 0 Å². The summed E-state index contributed by atoms with van der Waals surface area (Å²) in [7, 11) is -3.33. The van der Waals surface area contributed by atoms with Crippen molar-refractivity contribution in [3.8, 4) is 0 Å². The number of hydrogen-bond acceptors (Lipinski definition) is 3. The molecule has 0 bridgehead atoms. The predicted molar refractivity (Wildman–Crippen MR) is 82.3 cm³/mol. The van der Waals surface area contributed by atoms with Crippen LogP contribution >= 0.6 is 11.6 Å². The number of rotatable bonds is 6. The van der Waals surface area contributed by atoms with Gasteiger partial charge in [-0.05, 0) is 43.5 Å². The molecule has 1 aliphatic heterocycles. The first-order valence-corrected chi connectivity index (χ1v) is 9.14. The van der Waals surface area contributed by atoms with Crippen molar-refractivity contribution in [2.75, 3.05) is 12.3 Å². The summed E-state index contributed by atoms with van der Waals surface area (Å²) in [6, 6.07) is 4.47. The summed E-state index contributed by atoms with van der Waals surface area (Å²) in [4.78, 5) is 0. The molecule has 1 heterocycles. The highest BCUT2D eigenvalue weighted by Gasteiger charge is 2.17. The van der Waals surface area contributed by atoms with Crippen LogP contribution in [0.15, 0.2) is 18.2 Å². The van der Waals surface area contributed by atoms with E-state index >= 15 is 0 Å². The van der Waals surface area contributed by atoms with E-state index in [0.29, 0.717) is 12.0 Å². The second kappa shape index (κ2) is 7.54. The molecular weight excluding hydrogens is 315 g/mol. The van der Waals surface area contributed by atoms with Gasteiger partial charge in [0.15, 0.2) is 0 Å². The lowest BCUT2D eigenvalue weighted by Crippen LogP contribution is -2.37. The highest BCUT2D eigenvalue weighted by Crippen LogP contribution is 2.16. The average molecular weight is 335 g/mol. The van der Waals surface area contributed by atoms with E-state index < -0.39 is 15.8 Å². The summed E-state index contributed by atoms with van der Waals surface area (Å²) in [6.07, 6.45) is 3.95. The molecule has 0 aromatic heterocycles. The molecule has 4 nitrogen and oxygen atoms in total. The van der Waals surface area contributed by atoms with Crippen LogP contribution in [0.4, 0.5) is 4.39 Å². The molecule has 1 saturated heterocycles. The van der Waals surface area contributed by atoms with Crippen LogP contribution < -0.4 is 10.0 Å². The molecule has 7 heteroatoms. The van der Waals surface area contributed by atoms with Crippen molar-refractivity contribution >= 4 is 21.6 Å². The Kier molecular flexibility index (Phi) is 5.98. The van der Waals surface area contributed by atoms with Gasteiger partial charge in [0.1, 0.15) is 5.82 Å². The first-order chi connectivity index (χ1) is 9.96. The lowest BCUT2D eigenvalue weighted by atomic mass is 10.0. The Labute approximate surface area is 130 Å². The highest BCUT2D eigenvalue weighted by atomic mass is 35.5. The van der Waals surface area contributed by atoms with Crippen LogP contribution in [-0.4, -0.2) is 26.8 Å². The summed E-state index contributed by atoms with van der Waals surface area (Å²) in [5.41, 5.74) is 0.640. The molecular formula is C14H20ClFN2O2S. The monoisotopic (exact) mass is 334 g/mol. The van der Waals surface area contributed by atoms with E-state index in [-0.39, 0.29) is 23.4 Å². The Balaban J connectivity index is 1.81. The Morgan fingerprint density at radius 2 is 2.19 bits per heavy atom. The largest absolute Gasteiger partial charge is 0.314 e.